The second-order valence-electron chi connectivity index (χ2n) is 4.89. The van der Waals surface area contributed by atoms with Crippen molar-refractivity contribution in [2.75, 3.05) is 19.7 Å². The summed E-state index contributed by atoms with van der Waals surface area (Å²) in [5.41, 5.74) is 0. The molecule has 1 saturated heterocycles. The van der Waals surface area contributed by atoms with Gasteiger partial charge in [-0.15, -0.1) is 0 Å². The molecule has 0 aromatic carbocycles. The van der Waals surface area contributed by atoms with Gasteiger partial charge in [0.2, 0.25) is 11.8 Å². The third kappa shape index (κ3) is 4.00. The fourth-order valence-electron chi connectivity index (χ4n) is 1.95. The molecule has 1 aliphatic heterocycles. The van der Waals surface area contributed by atoms with Crippen LogP contribution in [0.3, 0.4) is 0 Å². The Morgan fingerprint density at radius 3 is 2.53 bits per heavy atom. The van der Waals surface area contributed by atoms with E-state index < -0.39 is 6.04 Å². The lowest BCUT2D eigenvalue weighted by Crippen LogP contribution is -2.54. The molecule has 0 bridgehead atoms. The molecule has 2 unspecified atom stereocenters. The highest BCUT2D eigenvalue weighted by Crippen LogP contribution is 2.11. The molecule has 0 spiro atoms. The molecule has 1 rings (SSSR count). The van der Waals surface area contributed by atoms with Crippen LogP contribution in [0.4, 0.5) is 0 Å². The molecule has 0 saturated carbocycles. The Balaban J connectivity index is 2.66. The van der Waals surface area contributed by atoms with E-state index in [9.17, 15) is 9.59 Å². The lowest BCUT2D eigenvalue weighted by Gasteiger charge is -2.34. The molecule has 1 heterocycles. The van der Waals surface area contributed by atoms with Crippen molar-refractivity contribution in [2.24, 2.45) is 5.92 Å². The van der Waals surface area contributed by atoms with Gasteiger partial charge in [0.15, 0.2) is 0 Å². The summed E-state index contributed by atoms with van der Waals surface area (Å²) < 4.78 is 5.40. The van der Waals surface area contributed by atoms with Gasteiger partial charge in [-0.05, 0) is 12.8 Å². The lowest BCUT2D eigenvalue weighted by atomic mass is 10.0. The van der Waals surface area contributed by atoms with Crippen LogP contribution in [-0.2, 0) is 14.3 Å². The Labute approximate surface area is 102 Å². The van der Waals surface area contributed by atoms with E-state index in [-0.39, 0.29) is 23.8 Å². The van der Waals surface area contributed by atoms with Crippen LogP contribution in [-0.4, -0.2) is 48.6 Å². The summed E-state index contributed by atoms with van der Waals surface area (Å²) in [5.74, 6) is -0.0896. The zero-order valence-electron chi connectivity index (χ0n) is 11.0. The van der Waals surface area contributed by atoms with E-state index >= 15 is 0 Å². The number of hydrogen-bond acceptors (Lipinski definition) is 3. The minimum Gasteiger partial charge on any atom is -0.375 e. The van der Waals surface area contributed by atoms with Crippen LogP contribution in [0.25, 0.3) is 0 Å². The summed E-state index contributed by atoms with van der Waals surface area (Å²) in [6.45, 7) is 9.02. The molecule has 5 nitrogen and oxygen atoms in total. The van der Waals surface area contributed by atoms with E-state index in [2.05, 4.69) is 5.32 Å². The molecule has 98 valence electrons. The third-order valence-electron chi connectivity index (χ3n) is 2.84. The Bertz CT molecular complexity index is 291. The van der Waals surface area contributed by atoms with E-state index in [4.69, 9.17) is 4.74 Å². The minimum atomic E-state index is -0.433. The summed E-state index contributed by atoms with van der Waals surface area (Å²) in [5, 5.41) is 2.72. The fraction of sp³-hybridized carbons (Fsp3) is 0.833. The summed E-state index contributed by atoms with van der Waals surface area (Å²) >= 11 is 0. The largest absolute Gasteiger partial charge is 0.375 e. The van der Waals surface area contributed by atoms with Crippen LogP contribution in [0.1, 0.15) is 27.7 Å². The van der Waals surface area contributed by atoms with Gasteiger partial charge in [0, 0.05) is 20.0 Å². The Kier molecular flexibility index (Phi) is 4.93. The topological polar surface area (TPSA) is 58.6 Å². The Hall–Kier alpha value is -1.10. The van der Waals surface area contributed by atoms with Gasteiger partial charge in [-0.2, -0.15) is 0 Å². The maximum Gasteiger partial charge on any atom is 0.245 e. The van der Waals surface area contributed by atoms with Gasteiger partial charge in [0.05, 0.1) is 12.7 Å². The van der Waals surface area contributed by atoms with Gasteiger partial charge in [0.1, 0.15) is 6.04 Å². The van der Waals surface area contributed by atoms with E-state index in [1.54, 1.807) is 4.90 Å². The van der Waals surface area contributed by atoms with Gasteiger partial charge in [-0.3, -0.25) is 9.59 Å². The minimum absolute atomic E-state index is 0.00894. The van der Waals surface area contributed by atoms with E-state index in [0.29, 0.717) is 19.7 Å². The van der Waals surface area contributed by atoms with Crippen LogP contribution in [0.5, 0.6) is 0 Å². The predicted octanol–water partition coefficient (Wildman–Crippen LogP) is 0.394. The van der Waals surface area contributed by atoms with Crippen molar-refractivity contribution in [1.82, 2.24) is 10.2 Å². The molecule has 0 radical (unpaired) electrons. The average molecular weight is 242 g/mol. The second kappa shape index (κ2) is 6.00. The van der Waals surface area contributed by atoms with Crippen molar-refractivity contribution >= 4 is 11.8 Å². The number of carbonyl (C=O) groups excluding carboxylic acids is 2. The number of amides is 2. The van der Waals surface area contributed by atoms with Gasteiger partial charge in [-0.25, -0.2) is 0 Å². The van der Waals surface area contributed by atoms with Crippen LogP contribution in [0.2, 0.25) is 0 Å². The molecule has 2 atom stereocenters. The standard InChI is InChI=1S/C12H22N2O3/c1-8(2)11(13-10(4)15)12(16)14-5-6-17-9(3)7-14/h8-9,11H,5-7H2,1-4H3,(H,13,15). The molecule has 1 N–H and O–H groups in total. The van der Waals surface area contributed by atoms with Crippen molar-refractivity contribution in [3.63, 3.8) is 0 Å². The van der Waals surface area contributed by atoms with Gasteiger partial charge in [0.25, 0.3) is 0 Å². The molecule has 1 aliphatic rings. The Morgan fingerprint density at radius 2 is 2.06 bits per heavy atom. The Morgan fingerprint density at radius 1 is 1.41 bits per heavy atom. The fourth-order valence-corrected chi connectivity index (χ4v) is 1.95. The molecule has 5 heteroatoms. The SMILES string of the molecule is CC(=O)NC(C(=O)N1CCOC(C)C1)C(C)C. The van der Waals surface area contributed by atoms with Crippen LogP contribution in [0, 0.1) is 5.92 Å². The first-order valence-electron chi connectivity index (χ1n) is 6.09. The molecule has 17 heavy (non-hydrogen) atoms. The first-order chi connectivity index (χ1) is 7.91. The maximum absolute atomic E-state index is 12.3. The van der Waals surface area contributed by atoms with E-state index in [1.165, 1.54) is 6.92 Å². The van der Waals surface area contributed by atoms with Crippen LogP contribution in [0.15, 0.2) is 0 Å². The van der Waals surface area contributed by atoms with E-state index in [1.807, 2.05) is 20.8 Å². The second-order valence-corrected chi connectivity index (χ2v) is 4.89. The zero-order valence-corrected chi connectivity index (χ0v) is 11.0. The molecule has 0 aromatic heterocycles. The lowest BCUT2D eigenvalue weighted by molar-refractivity contribution is -0.143. The average Bonchev–Trinajstić information content (AvgIpc) is 2.24. The van der Waals surface area contributed by atoms with Crippen molar-refractivity contribution in [1.29, 1.82) is 0 Å². The van der Waals surface area contributed by atoms with Crippen molar-refractivity contribution in [2.45, 2.75) is 39.8 Å². The summed E-state index contributed by atoms with van der Waals surface area (Å²) in [6.07, 6.45) is 0.0674. The molecule has 0 aliphatic carbocycles. The number of ether oxygens (including phenoxy) is 1. The molecule has 2 amide bonds. The monoisotopic (exact) mass is 242 g/mol. The molecule has 1 fully saturated rings. The zero-order chi connectivity index (χ0) is 13.0. The molecular formula is C12H22N2O3. The number of morpholine rings is 1. The predicted molar refractivity (Wildman–Crippen MR) is 64.4 cm³/mol. The summed E-state index contributed by atoms with van der Waals surface area (Å²) in [7, 11) is 0. The van der Waals surface area contributed by atoms with Crippen molar-refractivity contribution in [3.05, 3.63) is 0 Å². The van der Waals surface area contributed by atoms with Gasteiger partial charge >= 0.3 is 0 Å². The third-order valence-corrected chi connectivity index (χ3v) is 2.84. The summed E-state index contributed by atoms with van der Waals surface area (Å²) in [6, 6.07) is -0.433. The number of nitrogens with one attached hydrogen (secondary N) is 1. The van der Waals surface area contributed by atoms with E-state index in [0.717, 1.165) is 0 Å². The number of hydrogen-bond donors (Lipinski definition) is 1. The van der Waals surface area contributed by atoms with Crippen LogP contribution < -0.4 is 5.32 Å². The molecular weight excluding hydrogens is 220 g/mol. The first-order valence-corrected chi connectivity index (χ1v) is 6.09. The first kappa shape index (κ1) is 14.0. The molecule has 0 aromatic rings. The van der Waals surface area contributed by atoms with Gasteiger partial charge < -0.3 is 15.0 Å². The van der Waals surface area contributed by atoms with Crippen molar-refractivity contribution < 1.29 is 14.3 Å². The normalized spacial score (nSPS) is 22.4. The van der Waals surface area contributed by atoms with Gasteiger partial charge in [-0.1, -0.05) is 13.8 Å². The maximum atomic E-state index is 12.3. The highest BCUT2D eigenvalue weighted by atomic mass is 16.5. The summed E-state index contributed by atoms with van der Waals surface area (Å²) in [4.78, 5) is 25.2. The van der Waals surface area contributed by atoms with Crippen LogP contribution >= 0.6 is 0 Å². The quantitative estimate of drug-likeness (QED) is 0.779. The number of carbonyl (C=O) groups is 2. The number of nitrogens with zero attached hydrogens (tertiary/aromatic N) is 1. The smallest absolute Gasteiger partial charge is 0.245 e. The highest BCUT2D eigenvalue weighted by Gasteiger charge is 2.30. The highest BCUT2D eigenvalue weighted by molar-refractivity contribution is 5.87. The number of rotatable bonds is 3. The van der Waals surface area contributed by atoms with Crippen molar-refractivity contribution in [3.8, 4) is 0 Å².